The van der Waals surface area contributed by atoms with Crippen LogP contribution < -0.4 is 0 Å². The molecule has 1 heterocycles. The zero-order valence-electron chi connectivity index (χ0n) is 8.13. The highest BCUT2D eigenvalue weighted by Crippen LogP contribution is 2.11. The maximum Gasteiger partial charge on any atom is 0.123 e. The van der Waals surface area contributed by atoms with Crippen molar-refractivity contribution in [2.75, 3.05) is 0 Å². The van der Waals surface area contributed by atoms with Gasteiger partial charge in [0.05, 0.1) is 18.0 Å². The largest absolute Gasteiger partial charge is 0.387 e. The molecule has 2 aromatic rings. The Balaban J connectivity index is 2.33. The number of aliphatic hydroxyl groups is 1. The van der Waals surface area contributed by atoms with Crippen molar-refractivity contribution in [2.24, 2.45) is 0 Å². The summed E-state index contributed by atoms with van der Waals surface area (Å²) in [6, 6.07) is 5.88. The first-order valence-corrected chi connectivity index (χ1v) is 4.53. The van der Waals surface area contributed by atoms with Crippen LogP contribution >= 0.6 is 0 Å². The van der Waals surface area contributed by atoms with Gasteiger partial charge in [0, 0.05) is 0 Å². The summed E-state index contributed by atoms with van der Waals surface area (Å²) < 4.78 is 14.1. The molecule has 0 radical (unpaired) electrons. The van der Waals surface area contributed by atoms with E-state index >= 15 is 0 Å². The van der Waals surface area contributed by atoms with Crippen molar-refractivity contribution in [3.63, 3.8) is 0 Å². The summed E-state index contributed by atoms with van der Waals surface area (Å²) in [6.07, 6.45) is 0.956. The van der Waals surface area contributed by atoms with E-state index in [1.165, 1.54) is 16.8 Å². The second-order valence-electron chi connectivity index (χ2n) is 3.24. The number of benzene rings is 1. The lowest BCUT2D eigenvalue weighted by molar-refractivity contribution is 0.194. The van der Waals surface area contributed by atoms with Crippen LogP contribution in [0.3, 0.4) is 0 Å². The molecule has 0 fully saturated rings. The Morgan fingerprint density at radius 3 is 2.53 bits per heavy atom. The van der Waals surface area contributed by atoms with Crippen molar-refractivity contribution in [1.82, 2.24) is 15.0 Å². The standard InChI is InChI=1S/C10H10FN3O/c1-7(15)10-6-14(13-12-10)9-4-2-8(11)3-5-9/h2-7,15H,1H3. The van der Waals surface area contributed by atoms with Crippen LogP contribution in [0.5, 0.6) is 0 Å². The Labute approximate surface area is 86.0 Å². The monoisotopic (exact) mass is 207 g/mol. The Hall–Kier alpha value is -1.75. The van der Waals surface area contributed by atoms with Crippen molar-refractivity contribution >= 4 is 0 Å². The van der Waals surface area contributed by atoms with Gasteiger partial charge in [0.15, 0.2) is 0 Å². The molecule has 0 saturated heterocycles. The zero-order valence-corrected chi connectivity index (χ0v) is 8.13. The highest BCUT2D eigenvalue weighted by atomic mass is 19.1. The van der Waals surface area contributed by atoms with Crippen molar-refractivity contribution in [3.8, 4) is 5.69 Å². The zero-order chi connectivity index (χ0) is 10.8. The quantitative estimate of drug-likeness (QED) is 0.811. The molecule has 0 saturated carbocycles. The molecule has 0 amide bonds. The van der Waals surface area contributed by atoms with Gasteiger partial charge in [-0.3, -0.25) is 0 Å². The molecule has 2 rings (SSSR count). The molecule has 1 N–H and O–H groups in total. The van der Waals surface area contributed by atoms with Crippen molar-refractivity contribution in [1.29, 1.82) is 0 Å². The Bertz CT molecular complexity index is 450. The van der Waals surface area contributed by atoms with Crippen LogP contribution in [0.1, 0.15) is 18.7 Å². The highest BCUT2D eigenvalue weighted by molar-refractivity contribution is 5.30. The predicted molar refractivity (Wildman–Crippen MR) is 52.0 cm³/mol. The topological polar surface area (TPSA) is 50.9 Å². The second kappa shape index (κ2) is 3.78. The molecule has 78 valence electrons. The summed E-state index contributed by atoms with van der Waals surface area (Å²) in [5.74, 6) is -0.297. The fraction of sp³-hybridized carbons (Fsp3) is 0.200. The number of hydrogen-bond donors (Lipinski definition) is 1. The summed E-state index contributed by atoms with van der Waals surface area (Å²) in [4.78, 5) is 0. The molecule has 1 unspecified atom stereocenters. The van der Waals surface area contributed by atoms with E-state index in [1.54, 1.807) is 25.3 Å². The molecule has 5 heteroatoms. The Kier molecular flexibility index (Phi) is 2.47. The molecule has 1 aromatic carbocycles. The van der Waals surface area contributed by atoms with Crippen molar-refractivity contribution in [2.45, 2.75) is 13.0 Å². The number of nitrogens with zero attached hydrogens (tertiary/aromatic N) is 3. The fourth-order valence-corrected chi connectivity index (χ4v) is 1.19. The van der Waals surface area contributed by atoms with Crippen LogP contribution in [-0.4, -0.2) is 20.1 Å². The molecule has 1 atom stereocenters. The number of rotatable bonds is 2. The summed E-state index contributed by atoms with van der Waals surface area (Å²) in [6.45, 7) is 1.61. The number of aromatic nitrogens is 3. The lowest BCUT2D eigenvalue weighted by atomic mass is 10.3. The van der Waals surface area contributed by atoms with Gasteiger partial charge in [0.1, 0.15) is 11.5 Å². The van der Waals surface area contributed by atoms with Gasteiger partial charge in [-0.1, -0.05) is 5.21 Å². The molecule has 1 aromatic heterocycles. The molecule has 0 aliphatic rings. The normalized spacial score (nSPS) is 12.7. The van der Waals surface area contributed by atoms with E-state index in [2.05, 4.69) is 10.3 Å². The number of hydrogen-bond acceptors (Lipinski definition) is 3. The van der Waals surface area contributed by atoms with Gasteiger partial charge in [-0.15, -0.1) is 5.10 Å². The maximum atomic E-state index is 12.7. The molecule has 0 aliphatic carbocycles. The van der Waals surface area contributed by atoms with E-state index < -0.39 is 6.10 Å². The number of aliphatic hydroxyl groups excluding tert-OH is 1. The summed E-state index contributed by atoms with van der Waals surface area (Å²) in [5, 5.41) is 16.9. The maximum absolute atomic E-state index is 12.7. The van der Waals surface area contributed by atoms with Crippen LogP contribution in [0.15, 0.2) is 30.5 Å². The first kappa shape index (κ1) is 9.79. The van der Waals surface area contributed by atoms with Gasteiger partial charge in [0.2, 0.25) is 0 Å². The average molecular weight is 207 g/mol. The van der Waals surface area contributed by atoms with Gasteiger partial charge in [-0.25, -0.2) is 9.07 Å². The van der Waals surface area contributed by atoms with E-state index in [0.717, 1.165) is 0 Å². The summed E-state index contributed by atoms with van der Waals surface area (Å²) in [7, 11) is 0. The van der Waals surface area contributed by atoms with Gasteiger partial charge in [-0.05, 0) is 31.2 Å². The van der Waals surface area contributed by atoms with Gasteiger partial charge in [-0.2, -0.15) is 0 Å². The third kappa shape index (κ3) is 2.02. The van der Waals surface area contributed by atoms with E-state index in [4.69, 9.17) is 0 Å². The van der Waals surface area contributed by atoms with Gasteiger partial charge < -0.3 is 5.11 Å². The van der Waals surface area contributed by atoms with E-state index in [-0.39, 0.29) is 5.82 Å². The molecule has 0 aliphatic heterocycles. The molecular formula is C10H10FN3O. The summed E-state index contributed by atoms with van der Waals surface area (Å²) in [5.41, 5.74) is 1.19. The minimum absolute atomic E-state index is 0.297. The van der Waals surface area contributed by atoms with Crippen LogP contribution in [0.2, 0.25) is 0 Å². The third-order valence-corrected chi connectivity index (χ3v) is 2.03. The molecule has 15 heavy (non-hydrogen) atoms. The van der Waals surface area contributed by atoms with Crippen molar-refractivity contribution in [3.05, 3.63) is 42.0 Å². The highest BCUT2D eigenvalue weighted by Gasteiger charge is 2.07. The second-order valence-corrected chi connectivity index (χ2v) is 3.24. The fourth-order valence-electron chi connectivity index (χ4n) is 1.19. The van der Waals surface area contributed by atoms with Gasteiger partial charge >= 0.3 is 0 Å². The minimum Gasteiger partial charge on any atom is -0.387 e. The van der Waals surface area contributed by atoms with E-state index in [1.807, 2.05) is 0 Å². The van der Waals surface area contributed by atoms with E-state index in [9.17, 15) is 9.50 Å². The van der Waals surface area contributed by atoms with Crippen LogP contribution in [-0.2, 0) is 0 Å². The predicted octanol–water partition coefficient (Wildman–Crippen LogP) is 1.46. The van der Waals surface area contributed by atoms with Crippen LogP contribution in [0, 0.1) is 5.82 Å². The third-order valence-electron chi connectivity index (χ3n) is 2.03. The summed E-state index contributed by atoms with van der Waals surface area (Å²) >= 11 is 0. The lowest BCUT2D eigenvalue weighted by Crippen LogP contribution is -1.94. The SMILES string of the molecule is CC(O)c1cn(-c2ccc(F)cc2)nn1. The Morgan fingerprint density at radius 1 is 1.33 bits per heavy atom. The molecular weight excluding hydrogens is 197 g/mol. The first-order valence-electron chi connectivity index (χ1n) is 4.53. The average Bonchev–Trinajstić information content (AvgIpc) is 2.68. The smallest absolute Gasteiger partial charge is 0.123 e. The molecule has 0 bridgehead atoms. The van der Waals surface area contributed by atoms with E-state index in [0.29, 0.717) is 11.4 Å². The molecule has 0 spiro atoms. The molecule has 4 nitrogen and oxygen atoms in total. The number of halogens is 1. The Morgan fingerprint density at radius 2 is 2.00 bits per heavy atom. The first-order chi connectivity index (χ1) is 7.16. The van der Waals surface area contributed by atoms with Gasteiger partial charge in [0.25, 0.3) is 0 Å². The lowest BCUT2D eigenvalue weighted by Gasteiger charge is -1.98. The van der Waals surface area contributed by atoms with Crippen LogP contribution in [0.25, 0.3) is 5.69 Å². The van der Waals surface area contributed by atoms with Crippen LogP contribution in [0.4, 0.5) is 4.39 Å². The van der Waals surface area contributed by atoms with Crippen molar-refractivity contribution < 1.29 is 9.50 Å². The minimum atomic E-state index is -0.654.